The highest BCUT2D eigenvalue weighted by molar-refractivity contribution is 6.30. The molecule has 0 fully saturated rings. The summed E-state index contributed by atoms with van der Waals surface area (Å²) < 4.78 is 10.7. The molecular formula is C14H11ClO3. The molecule has 0 aliphatic rings. The van der Waals surface area contributed by atoms with Gasteiger partial charge >= 0.3 is 5.97 Å². The molecule has 0 heterocycles. The molecule has 0 amide bonds. The third-order valence-corrected chi connectivity index (χ3v) is 2.37. The SMILES string of the molecule is CC(=O)Oc1ccc(Cl)cc1Oc1ccccc1. The van der Waals surface area contributed by atoms with Gasteiger partial charge in [0.2, 0.25) is 0 Å². The van der Waals surface area contributed by atoms with Gasteiger partial charge in [-0.3, -0.25) is 4.79 Å². The van der Waals surface area contributed by atoms with E-state index in [1.165, 1.54) is 6.92 Å². The molecule has 92 valence electrons. The first-order chi connectivity index (χ1) is 8.65. The van der Waals surface area contributed by atoms with Crippen LogP contribution in [0.15, 0.2) is 48.5 Å². The lowest BCUT2D eigenvalue weighted by molar-refractivity contribution is -0.131. The third-order valence-electron chi connectivity index (χ3n) is 2.13. The van der Waals surface area contributed by atoms with E-state index in [1.807, 2.05) is 18.2 Å². The molecule has 4 heteroatoms. The first-order valence-electron chi connectivity index (χ1n) is 5.36. The predicted octanol–water partition coefficient (Wildman–Crippen LogP) is 4.06. The summed E-state index contributed by atoms with van der Waals surface area (Å²) in [6, 6.07) is 14.0. The number of ether oxygens (including phenoxy) is 2. The van der Waals surface area contributed by atoms with Crippen LogP contribution in [-0.2, 0) is 4.79 Å². The number of carbonyl (C=O) groups is 1. The Morgan fingerprint density at radius 2 is 1.78 bits per heavy atom. The van der Waals surface area contributed by atoms with Gasteiger partial charge in [-0.25, -0.2) is 0 Å². The van der Waals surface area contributed by atoms with Crippen molar-refractivity contribution in [1.29, 1.82) is 0 Å². The highest BCUT2D eigenvalue weighted by Crippen LogP contribution is 2.34. The maximum absolute atomic E-state index is 11.0. The fourth-order valence-corrected chi connectivity index (χ4v) is 1.58. The number of rotatable bonds is 3. The molecule has 0 N–H and O–H groups in total. The maximum atomic E-state index is 11.0. The summed E-state index contributed by atoms with van der Waals surface area (Å²) in [5, 5.41) is 0.511. The van der Waals surface area contributed by atoms with Crippen LogP contribution in [0.25, 0.3) is 0 Å². The first kappa shape index (κ1) is 12.5. The van der Waals surface area contributed by atoms with Gasteiger partial charge < -0.3 is 9.47 Å². The molecule has 0 saturated carbocycles. The second-order valence-electron chi connectivity index (χ2n) is 3.60. The molecule has 0 bridgehead atoms. The molecule has 0 aromatic heterocycles. The van der Waals surface area contributed by atoms with Crippen LogP contribution in [0.2, 0.25) is 5.02 Å². The fraction of sp³-hybridized carbons (Fsp3) is 0.0714. The van der Waals surface area contributed by atoms with E-state index in [4.69, 9.17) is 21.1 Å². The number of esters is 1. The highest BCUT2D eigenvalue weighted by Gasteiger charge is 2.09. The van der Waals surface area contributed by atoms with Crippen LogP contribution < -0.4 is 9.47 Å². The third kappa shape index (κ3) is 3.25. The summed E-state index contributed by atoms with van der Waals surface area (Å²) in [5.74, 6) is 0.989. The van der Waals surface area contributed by atoms with E-state index in [-0.39, 0.29) is 0 Å². The first-order valence-corrected chi connectivity index (χ1v) is 5.74. The number of hydrogen-bond acceptors (Lipinski definition) is 3. The van der Waals surface area contributed by atoms with Crippen LogP contribution in [0.3, 0.4) is 0 Å². The summed E-state index contributed by atoms with van der Waals surface area (Å²) in [6.45, 7) is 1.33. The van der Waals surface area contributed by atoms with E-state index in [9.17, 15) is 4.79 Å². The van der Waals surface area contributed by atoms with Crippen LogP contribution >= 0.6 is 11.6 Å². The Labute approximate surface area is 110 Å². The van der Waals surface area contributed by atoms with Crippen LogP contribution in [0.1, 0.15) is 6.92 Å². The number of carbonyl (C=O) groups excluding carboxylic acids is 1. The van der Waals surface area contributed by atoms with Crippen molar-refractivity contribution in [3.8, 4) is 17.2 Å². The summed E-state index contributed by atoms with van der Waals surface area (Å²) >= 11 is 5.90. The molecule has 2 rings (SSSR count). The van der Waals surface area contributed by atoms with Crippen molar-refractivity contribution in [1.82, 2.24) is 0 Å². The van der Waals surface area contributed by atoms with Crippen molar-refractivity contribution in [3.05, 3.63) is 53.6 Å². The van der Waals surface area contributed by atoms with Crippen LogP contribution in [0.5, 0.6) is 17.2 Å². The second kappa shape index (κ2) is 5.56. The predicted molar refractivity (Wildman–Crippen MR) is 69.3 cm³/mol. The smallest absolute Gasteiger partial charge is 0.308 e. The van der Waals surface area contributed by atoms with Gasteiger partial charge in [0.25, 0.3) is 0 Å². The molecule has 0 spiro atoms. The Bertz CT molecular complexity index is 552. The fourth-order valence-electron chi connectivity index (χ4n) is 1.42. The van der Waals surface area contributed by atoms with E-state index >= 15 is 0 Å². The van der Waals surface area contributed by atoms with Crippen molar-refractivity contribution < 1.29 is 14.3 Å². The van der Waals surface area contributed by atoms with E-state index in [2.05, 4.69) is 0 Å². The summed E-state index contributed by atoms with van der Waals surface area (Å²) in [4.78, 5) is 11.0. The van der Waals surface area contributed by atoms with Gasteiger partial charge in [0.1, 0.15) is 5.75 Å². The molecule has 0 aliphatic heterocycles. The van der Waals surface area contributed by atoms with Crippen LogP contribution in [0.4, 0.5) is 0 Å². The average Bonchev–Trinajstić information content (AvgIpc) is 2.33. The van der Waals surface area contributed by atoms with Crippen molar-refractivity contribution in [3.63, 3.8) is 0 Å². The Balaban J connectivity index is 2.30. The second-order valence-corrected chi connectivity index (χ2v) is 4.04. The van der Waals surface area contributed by atoms with E-state index in [0.717, 1.165) is 0 Å². The minimum atomic E-state index is -0.407. The lowest BCUT2D eigenvalue weighted by Gasteiger charge is -2.10. The maximum Gasteiger partial charge on any atom is 0.308 e. The Morgan fingerprint density at radius 3 is 2.44 bits per heavy atom. The zero-order valence-corrected chi connectivity index (χ0v) is 10.5. The summed E-state index contributed by atoms with van der Waals surface area (Å²) in [6.07, 6.45) is 0. The molecule has 3 nitrogen and oxygen atoms in total. The van der Waals surface area contributed by atoms with E-state index < -0.39 is 5.97 Å². The molecule has 18 heavy (non-hydrogen) atoms. The van der Waals surface area contributed by atoms with Gasteiger partial charge in [-0.2, -0.15) is 0 Å². The lowest BCUT2D eigenvalue weighted by atomic mass is 10.3. The number of benzene rings is 2. The zero-order chi connectivity index (χ0) is 13.0. The number of halogens is 1. The van der Waals surface area contributed by atoms with Gasteiger partial charge in [-0.15, -0.1) is 0 Å². The summed E-state index contributed by atoms with van der Waals surface area (Å²) in [7, 11) is 0. The van der Waals surface area contributed by atoms with E-state index in [0.29, 0.717) is 22.3 Å². The van der Waals surface area contributed by atoms with Crippen molar-refractivity contribution in [2.24, 2.45) is 0 Å². The molecule has 0 saturated heterocycles. The van der Waals surface area contributed by atoms with Crippen molar-refractivity contribution in [2.45, 2.75) is 6.92 Å². The van der Waals surface area contributed by atoms with Gasteiger partial charge in [-0.05, 0) is 24.3 Å². The van der Waals surface area contributed by atoms with Gasteiger partial charge in [0, 0.05) is 18.0 Å². The normalized spacial score (nSPS) is 9.89. The average molecular weight is 263 g/mol. The molecule has 0 atom stereocenters. The van der Waals surface area contributed by atoms with E-state index in [1.54, 1.807) is 30.3 Å². The Kier molecular flexibility index (Phi) is 3.85. The summed E-state index contributed by atoms with van der Waals surface area (Å²) in [5.41, 5.74) is 0. The van der Waals surface area contributed by atoms with Crippen molar-refractivity contribution >= 4 is 17.6 Å². The topological polar surface area (TPSA) is 35.5 Å². The zero-order valence-electron chi connectivity index (χ0n) is 9.72. The molecule has 0 aliphatic carbocycles. The molecule has 2 aromatic carbocycles. The standard InChI is InChI=1S/C14H11ClO3/c1-10(16)17-13-8-7-11(15)9-14(13)18-12-5-3-2-4-6-12/h2-9H,1H3. The van der Waals surface area contributed by atoms with Gasteiger partial charge in [0.15, 0.2) is 11.5 Å². The highest BCUT2D eigenvalue weighted by atomic mass is 35.5. The van der Waals surface area contributed by atoms with Gasteiger partial charge in [0.05, 0.1) is 0 Å². The minimum Gasteiger partial charge on any atom is -0.453 e. The van der Waals surface area contributed by atoms with Crippen LogP contribution in [-0.4, -0.2) is 5.97 Å². The van der Waals surface area contributed by atoms with Gasteiger partial charge in [-0.1, -0.05) is 29.8 Å². The monoisotopic (exact) mass is 262 g/mol. The minimum absolute atomic E-state index is 0.343. The Morgan fingerprint density at radius 1 is 1.06 bits per heavy atom. The molecular weight excluding hydrogens is 252 g/mol. The van der Waals surface area contributed by atoms with Crippen molar-refractivity contribution in [2.75, 3.05) is 0 Å². The number of para-hydroxylation sites is 1. The molecule has 0 radical (unpaired) electrons. The largest absolute Gasteiger partial charge is 0.453 e. The molecule has 2 aromatic rings. The lowest BCUT2D eigenvalue weighted by Crippen LogP contribution is -2.02. The van der Waals surface area contributed by atoms with Crippen LogP contribution in [0, 0.1) is 0 Å². The number of hydrogen-bond donors (Lipinski definition) is 0. The Hall–Kier alpha value is -2.00. The quantitative estimate of drug-likeness (QED) is 0.618. The molecule has 0 unspecified atom stereocenters.